The summed E-state index contributed by atoms with van der Waals surface area (Å²) in [6.45, 7) is 0. The van der Waals surface area contributed by atoms with Crippen molar-refractivity contribution in [2.75, 3.05) is 7.11 Å². The van der Waals surface area contributed by atoms with Gasteiger partial charge in [0.05, 0.1) is 23.7 Å². The van der Waals surface area contributed by atoms with Gasteiger partial charge in [-0.3, -0.25) is 4.79 Å². The predicted molar refractivity (Wildman–Crippen MR) is 81.6 cm³/mol. The minimum absolute atomic E-state index is 0.165. The highest BCUT2D eigenvalue weighted by molar-refractivity contribution is 5.86. The lowest BCUT2D eigenvalue weighted by molar-refractivity contribution is 0.404. The number of H-pyrrole nitrogens is 1. The van der Waals surface area contributed by atoms with Crippen LogP contribution in [0.1, 0.15) is 0 Å². The topological polar surface area (TPSA) is 103 Å². The van der Waals surface area contributed by atoms with E-state index in [9.17, 15) is 20.1 Å². The molecule has 0 aliphatic carbocycles. The molecule has 0 unspecified atom stereocenters. The Morgan fingerprint density at radius 1 is 1.00 bits per heavy atom. The van der Waals surface area contributed by atoms with Crippen molar-refractivity contribution in [1.29, 1.82) is 0 Å². The molecule has 0 radical (unpaired) electrons. The molecule has 3 aromatic rings. The van der Waals surface area contributed by atoms with E-state index in [4.69, 9.17) is 4.74 Å². The van der Waals surface area contributed by atoms with Gasteiger partial charge in [-0.2, -0.15) is 0 Å². The number of hydrogen-bond acceptors (Lipinski definition) is 5. The maximum atomic E-state index is 12.3. The molecule has 4 N–H and O–H groups in total. The molecule has 22 heavy (non-hydrogen) atoms. The minimum Gasteiger partial charge on any atom is -0.504 e. The highest BCUT2D eigenvalue weighted by Crippen LogP contribution is 2.33. The average Bonchev–Trinajstić information content (AvgIpc) is 2.53. The lowest BCUT2D eigenvalue weighted by atomic mass is 10.1. The lowest BCUT2D eigenvalue weighted by Crippen LogP contribution is -2.05. The zero-order valence-corrected chi connectivity index (χ0v) is 11.6. The average molecular weight is 299 g/mol. The Kier molecular flexibility index (Phi) is 3.14. The van der Waals surface area contributed by atoms with E-state index in [1.165, 1.54) is 31.4 Å². The van der Waals surface area contributed by atoms with Crippen LogP contribution in [0.15, 0.2) is 41.2 Å². The summed E-state index contributed by atoms with van der Waals surface area (Å²) in [7, 11) is 1.49. The molecule has 1 aromatic heterocycles. The number of aromatic hydroxyl groups is 3. The van der Waals surface area contributed by atoms with Crippen LogP contribution in [-0.2, 0) is 0 Å². The van der Waals surface area contributed by atoms with Crippen molar-refractivity contribution < 1.29 is 20.1 Å². The van der Waals surface area contributed by atoms with Gasteiger partial charge in [0, 0.05) is 5.56 Å². The van der Waals surface area contributed by atoms with Crippen LogP contribution >= 0.6 is 0 Å². The van der Waals surface area contributed by atoms with Crippen LogP contribution < -0.4 is 10.2 Å². The van der Waals surface area contributed by atoms with Crippen LogP contribution in [0.3, 0.4) is 0 Å². The number of phenolic OH excluding ortho intramolecular Hbond substituents is 2. The number of phenols is 2. The maximum Gasteiger partial charge on any atom is 0.231 e. The largest absolute Gasteiger partial charge is 0.504 e. The standard InChI is InChI=1S/C16H13NO5/c1-22-9-3-4-11-10(7-9)15(20)16(21)14(17-11)8-2-5-12(18)13(19)6-8/h2-7,18-19,21H,1H3,(H,17,20). The first-order valence-corrected chi connectivity index (χ1v) is 6.46. The first-order valence-electron chi connectivity index (χ1n) is 6.46. The number of fused-ring (bicyclic) bond motifs is 1. The smallest absolute Gasteiger partial charge is 0.231 e. The van der Waals surface area contributed by atoms with Gasteiger partial charge in [0.25, 0.3) is 0 Å². The van der Waals surface area contributed by atoms with Crippen molar-refractivity contribution in [3.63, 3.8) is 0 Å². The van der Waals surface area contributed by atoms with Crippen LogP contribution in [0.4, 0.5) is 0 Å². The molecule has 0 saturated heterocycles. The van der Waals surface area contributed by atoms with E-state index in [-0.39, 0.29) is 17.2 Å². The molecular weight excluding hydrogens is 286 g/mol. The second-order valence-electron chi connectivity index (χ2n) is 4.79. The summed E-state index contributed by atoms with van der Waals surface area (Å²) in [4.78, 5) is 15.3. The molecule has 0 aliphatic rings. The number of hydrogen-bond donors (Lipinski definition) is 4. The summed E-state index contributed by atoms with van der Waals surface area (Å²) >= 11 is 0. The molecule has 0 aliphatic heterocycles. The molecule has 1 heterocycles. The van der Waals surface area contributed by atoms with E-state index in [1.807, 2.05) is 0 Å². The second kappa shape index (κ2) is 5.00. The fraction of sp³-hybridized carbons (Fsp3) is 0.0625. The molecule has 0 bridgehead atoms. The molecule has 0 amide bonds. The summed E-state index contributed by atoms with van der Waals surface area (Å²) in [6.07, 6.45) is 0. The number of benzene rings is 2. The SMILES string of the molecule is COc1ccc2[nH]c(-c3ccc(O)c(O)c3)c(O)c(=O)c2c1. The monoisotopic (exact) mass is 299 g/mol. The number of pyridine rings is 1. The first-order chi connectivity index (χ1) is 10.5. The fourth-order valence-corrected chi connectivity index (χ4v) is 2.27. The van der Waals surface area contributed by atoms with Crippen LogP contribution in [0.25, 0.3) is 22.2 Å². The van der Waals surface area contributed by atoms with E-state index in [0.717, 1.165) is 0 Å². The third-order valence-corrected chi connectivity index (χ3v) is 3.45. The van der Waals surface area contributed by atoms with Gasteiger partial charge in [-0.15, -0.1) is 0 Å². The summed E-state index contributed by atoms with van der Waals surface area (Å²) in [5.41, 5.74) is 0.516. The summed E-state index contributed by atoms with van der Waals surface area (Å²) in [5.74, 6) is -0.582. The molecule has 0 spiro atoms. The number of rotatable bonds is 2. The van der Waals surface area contributed by atoms with Crippen molar-refractivity contribution in [2.24, 2.45) is 0 Å². The zero-order chi connectivity index (χ0) is 15.9. The Balaban J connectivity index is 2.29. The molecule has 3 rings (SSSR count). The van der Waals surface area contributed by atoms with E-state index >= 15 is 0 Å². The van der Waals surface area contributed by atoms with Crippen LogP contribution in [0, 0.1) is 0 Å². The van der Waals surface area contributed by atoms with Crippen molar-refractivity contribution in [3.8, 4) is 34.3 Å². The molecule has 6 nitrogen and oxygen atoms in total. The Hall–Kier alpha value is -3.15. The Morgan fingerprint density at radius 2 is 1.77 bits per heavy atom. The third-order valence-electron chi connectivity index (χ3n) is 3.45. The van der Waals surface area contributed by atoms with Gasteiger partial charge in [-0.05, 0) is 36.4 Å². The van der Waals surface area contributed by atoms with Gasteiger partial charge < -0.3 is 25.0 Å². The van der Waals surface area contributed by atoms with Crippen molar-refractivity contribution in [3.05, 3.63) is 46.6 Å². The fourth-order valence-electron chi connectivity index (χ4n) is 2.27. The minimum atomic E-state index is -0.546. The van der Waals surface area contributed by atoms with Crippen LogP contribution in [-0.4, -0.2) is 27.4 Å². The van der Waals surface area contributed by atoms with Gasteiger partial charge >= 0.3 is 0 Å². The number of aromatic nitrogens is 1. The second-order valence-corrected chi connectivity index (χ2v) is 4.79. The number of nitrogens with one attached hydrogen (secondary N) is 1. The summed E-state index contributed by atoms with van der Waals surface area (Å²) in [6, 6.07) is 8.91. The molecule has 0 fully saturated rings. The van der Waals surface area contributed by atoms with Crippen molar-refractivity contribution in [1.82, 2.24) is 4.98 Å². The van der Waals surface area contributed by atoms with Gasteiger partial charge in [0.15, 0.2) is 17.2 Å². The molecule has 0 saturated carbocycles. The first kappa shape index (κ1) is 13.8. The molecule has 0 atom stereocenters. The van der Waals surface area contributed by atoms with Gasteiger partial charge in [-0.25, -0.2) is 0 Å². The Morgan fingerprint density at radius 3 is 2.45 bits per heavy atom. The number of methoxy groups -OCH3 is 1. The molecule has 2 aromatic carbocycles. The number of aromatic amines is 1. The highest BCUT2D eigenvalue weighted by atomic mass is 16.5. The quantitative estimate of drug-likeness (QED) is 0.544. The van der Waals surface area contributed by atoms with E-state index in [2.05, 4.69) is 4.98 Å². The van der Waals surface area contributed by atoms with Gasteiger partial charge in [-0.1, -0.05) is 0 Å². The molecule has 6 heteroatoms. The van der Waals surface area contributed by atoms with Crippen molar-refractivity contribution >= 4 is 10.9 Å². The van der Waals surface area contributed by atoms with Crippen molar-refractivity contribution in [2.45, 2.75) is 0 Å². The lowest BCUT2D eigenvalue weighted by Gasteiger charge is -2.09. The Labute approximate surface area is 124 Å². The molecular formula is C16H13NO5. The van der Waals surface area contributed by atoms with Crippen LogP contribution in [0.2, 0.25) is 0 Å². The highest BCUT2D eigenvalue weighted by Gasteiger charge is 2.14. The Bertz CT molecular complexity index is 930. The van der Waals surface area contributed by atoms with Gasteiger partial charge in [0.2, 0.25) is 5.43 Å². The summed E-state index contributed by atoms with van der Waals surface area (Å²) < 4.78 is 5.07. The predicted octanol–water partition coefficient (Wildman–Crippen LogP) is 2.32. The normalized spacial score (nSPS) is 10.8. The zero-order valence-electron chi connectivity index (χ0n) is 11.6. The van der Waals surface area contributed by atoms with E-state index < -0.39 is 11.2 Å². The van der Waals surface area contributed by atoms with Crippen LogP contribution in [0.5, 0.6) is 23.0 Å². The van der Waals surface area contributed by atoms with E-state index in [0.29, 0.717) is 22.2 Å². The van der Waals surface area contributed by atoms with Gasteiger partial charge in [0.1, 0.15) is 5.75 Å². The third kappa shape index (κ3) is 2.10. The maximum absolute atomic E-state index is 12.3. The van der Waals surface area contributed by atoms with E-state index in [1.54, 1.807) is 12.1 Å². The number of ether oxygens (including phenoxy) is 1. The molecule has 112 valence electrons. The summed E-state index contributed by atoms with van der Waals surface area (Å²) in [5, 5.41) is 29.3.